The normalized spacial score (nSPS) is 12.0. The number of benzene rings is 2. The Balaban J connectivity index is 1.72. The summed E-state index contributed by atoms with van der Waals surface area (Å²) < 4.78 is 0. The van der Waals surface area contributed by atoms with Crippen LogP contribution in [0.1, 0.15) is 27.5 Å². The first-order valence-corrected chi connectivity index (χ1v) is 8.00. The molecule has 1 amide bonds. The van der Waals surface area contributed by atoms with E-state index in [1.54, 1.807) is 30.9 Å². The minimum absolute atomic E-state index is 0.160. The highest BCUT2D eigenvalue weighted by atomic mass is 16.1. The number of aromatic amines is 1. The van der Waals surface area contributed by atoms with Crippen LogP contribution in [0.15, 0.2) is 79.4 Å². The van der Waals surface area contributed by atoms with Gasteiger partial charge in [-0.25, -0.2) is 4.98 Å². The minimum atomic E-state index is -0.262. The maximum atomic E-state index is 12.6. The number of hydrogen-bond donors (Lipinski definition) is 2. The number of H-pyrrole nitrogens is 1. The molecule has 0 bridgehead atoms. The summed E-state index contributed by atoms with van der Waals surface area (Å²) in [5, 5.41) is 3.11. The first-order valence-electron chi connectivity index (χ1n) is 8.00. The van der Waals surface area contributed by atoms with Crippen molar-refractivity contribution in [1.29, 1.82) is 0 Å². The summed E-state index contributed by atoms with van der Waals surface area (Å²) in [4.78, 5) is 24.0. The van der Waals surface area contributed by atoms with E-state index in [2.05, 4.69) is 20.3 Å². The maximum Gasteiger partial charge on any atom is 0.253 e. The van der Waals surface area contributed by atoms with Crippen LogP contribution >= 0.6 is 0 Å². The lowest BCUT2D eigenvalue weighted by Gasteiger charge is -2.20. The number of carbonyl (C=O) groups excluding carboxylic acids is 1. The zero-order chi connectivity index (χ0) is 17.1. The Morgan fingerprint density at radius 2 is 1.88 bits per heavy atom. The summed E-state index contributed by atoms with van der Waals surface area (Å²) in [5.41, 5.74) is 4.37. The number of fused-ring (bicyclic) bond motifs is 1. The number of nitrogens with zero attached hydrogens (tertiary/aromatic N) is 2. The number of pyridine rings is 1. The van der Waals surface area contributed by atoms with Crippen LogP contribution in [0.3, 0.4) is 0 Å². The second-order valence-electron chi connectivity index (χ2n) is 5.74. The molecule has 0 saturated heterocycles. The fraction of sp³-hybridized carbons (Fsp3) is 0.0500. The first-order chi connectivity index (χ1) is 12.3. The number of rotatable bonds is 4. The van der Waals surface area contributed by atoms with E-state index in [0.29, 0.717) is 5.56 Å². The molecule has 0 aliphatic rings. The zero-order valence-electron chi connectivity index (χ0n) is 13.4. The highest BCUT2D eigenvalue weighted by Gasteiger charge is 2.18. The molecule has 122 valence electrons. The van der Waals surface area contributed by atoms with Crippen molar-refractivity contribution < 1.29 is 4.79 Å². The van der Waals surface area contributed by atoms with Crippen LogP contribution < -0.4 is 5.32 Å². The molecule has 2 aromatic heterocycles. The maximum absolute atomic E-state index is 12.6. The van der Waals surface area contributed by atoms with Crippen molar-refractivity contribution in [1.82, 2.24) is 20.3 Å². The standard InChI is InChI=1S/C20H16N4O/c25-20(16-7-4-10-21-12-16)24-19(14-5-2-1-3-6-14)15-8-9-17-18(11-15)23-13-22-17/h1-13,19H,(H,22,23)(H,24,25). The Kier molecular flexibility index (Phi) is 3.96. The minimum Gasteiger partial charge on any atom is -0.345 e. The van der Waals surface area contributed by atoms with Gasteiger partial charge in [0.25, 0.3) is 5.91 Å². The zero-order valence-corrected chi connectivity index (χ0v) is 13.4. The van der Waals surface area contributed by atoms with Gasteiger partial charge in [-0.05, 0) is 35.4 Å². The number of aromatic nitrogens is 3. The summed E-state index contributed by atoms with van der Waals surface area (Å²) in [5.74, 6) is -0.160. The van der Waals surface area contributed by atoms with Gasteiger partial charge in [0.1, 0.15) is 0 Å². The third kappa shape index (κ3) is 3.12. The average molecular weight is 328 g/mol. The molecule has 5 nitrogen and oxygen atoms in total. The third-order valence-corrected chi connectivity index (χ3v) is 4.11. The Bertz CT molecular complexity index is 996. The number of imidazole rings is 1. The molecule has 1 atom stereocenters. The Labute approximate surface area is 144 Å². The summed E-state index contributed by atoms with van der Waals surface area (Å²) in [6, 6.07) is 19.1. The van der Waals surface area contributed by atoms with Crippen molar-refractivity contribution in [3.05, 3.63) is 96.1 Å². The third-order valence-electron chi connectivity index (χ3n) is 4.11. The van der Waals surface area contributed by atoms with Gasteiger partial charge in [0, 0.05) is 12.4 Å². The Hall–Kier alpha value is -3.47. The SMILES string of the molecule is O=C(NC(c1ccccc1)c1ccc2nc[nH]c2c1)c1cccnc1. The van der Waals surface area contributed by atoms with Crippen LogP contribution in [0, 0.1) is 0 Å². The van der Waals surface area contributed by atoms with Crippen molar-refractivity contribution in [3.8, 4) is 0 Å². The summed E-state index contributed by atoms with van der Waals surface area (Å²) in [6.07, 6.45) is 4.88. The van der Waals surface area contributed by atoms with Gasteiger partial charge in [0.2, 0.25) is 0 Å². The van der Waals surface area contributed by atoms with Crippen LogP contribution in [0.5, 0.6) is 0 Å². The van der Waals surface area contributed by atoms with E-state index in [-0.39, 0.29) is 11.9 Å². The van der Waals surface area contributed by atoms with Crippen LogP contribution in [0.4, 0.5) is 0 Å². The lowest BCUT2D eigenvalue weighted by molar-refractivity contribution is 0.0942. The molecule has 4 rings (SSSR count). The van der Waals surface area contributed by atoms with Crippen molar-refractivity contribution >= 4 is 16.9 Å². The molecule has 2 aromatic carbocycles. The highest BCUT2D eigenvalue weighted by Crippen LogP contribution is 2.25. The molecular weight excluding hydrogens is 312 g/mol. The molecule has 25 heavy (non-hydrogen) atoms. The molecule has 4 aromatic rings. The lowest BCUT2D eigenvalue weighted by Crippen LogP contribution is -2.29. The van der Waals surface area contributed by atoms with Crippen LogP contribution in [0.25, 0.3) is 11.0 Å². The van der Waals surface area contributed by atoms with Gasteiger partial charge in [0.05, 0.1) is 29.0 Å². The molecule has 0 saturated carbocycles. The summed E-state index contributed by atoms with van der Waals surface area (Å²) >= 11 is 0. The van der Waals surface area contributed by atoms with E-state index in [1.165, 1.54) is 0 Å². The second-order valence-corrected chi connectivity index (χ2v) is 5.74. The smallest absolute Gasteiger partial charge is 0.253 e. The van der Waals surface area contributed by atoms with E-state index >= 15 is 0 Å². The van der Waals surface area contributed by atoms with Crippen molar-refractivity contribution in [3.63, 3.8) is 0 Å². The molecule has 0 fully saturated rings. The molecular formula is C20H16N4O. The van der Waals surface area contributed by atoms with Crippen LogP contribution in [0.2, 0.25) is 0 Å². The highest BCUT2D eigenvalue weighted by molar-refractivity contribution is 5.94. The topological polar surface area (TPSA) is 70.7 Å². The number of amides is 1. The van der Waals surface area contributed by atoms with Crippen LogP contribution in [-0.4, -0.2) is 20.9 Å². The van der Waals surface area contributed by atoms with E-state index in [1.807, 2.05) is 48.5 Å². The van der Waals surface area contributed by atoms with Gasteiger partial charge in [-0.15, -0.1) is 0 Å². The van der Waals surface area contributed by atoms with Crippen LogP contribution in [-0.2, 0) is 0 Å². The summed E-state index contributed by atoms with van der Waals surface area (Å²) in [7, 11) is 0. The predicted molar refractivity (Wildman–Crippen MR) is 96.1 cm³/mol. The van der Waals surface area contributed by atoms with Gasteiger partial charge in [-0.3, -0.25) is 9.78 Å². The van der Waals surface area contributed by atoms with Gasteiger partial charge in [0.15, 0.2) is 0 Å². The second kappa shape index (κ2) is 6.57. The predicted octanol–water partition coefficient (Wildman–Crippen LogP) is 3.48. The van der Waals surface area contributed by atoms with Gasteiger partial charge >= 0.3 is 0 Å². The van der Waals surface area contributed by atoms with Crippen molar-refractivity contribution in [2.45, 2.75) is 6.04 Å². The molecule has 0 aliphatic carbocycles. The molecule has 0 aliphatic heterocycles. The fourth-order valence-electron chi connectivity index (χ4n) is 2.85. The number of hydrogen-bond acceptors (Lipinski definition) is 3. The molecule has 0 radical (unpaired) electrons. The molecule has 0 spiro atoms. The van der Waals surface area contributed by atoms with E-state index < -0.39 is 0 Å². The Morgan fingerprint density at radius 3 is 2.68 bits per heavy atom. The van der Waals surface area contributed by atoms with Gasteiger partial charge in [-0.1, -0.05) is 36.4 Å². The van der Waals surface area contributed by atoms with E-state index in [0.717, 1.165) is 22.2 Å². The molecule has 2 heterocycles. The van der Waals surface area contributed by atoms with Gasteiger partial charge in [-0.2, -0.15) is 0 Å². The summed E-state index contributed by atoms with van der Waals surface area (Å²) in [6.45, 7) is 0. The average Bonchev–Trinajstić information content (AvgIpc) is 3.15. The van der Waals surface area contributed by atoms with E-state index in [4.69, 9.17) is 0 Å². The largest absolute Gasteiger partial charge is 0.345 e. The molecule has 2 N–H and O–H groups in total. The van der Waals surface area contributed by atoms with Crippen molar-refractivity contribution in [2.75, 3.05) is 0 Å². The lowest BCUT2D eigenvalue weighted by atomic mass is 9.98. The number of nitrogens with one attached hydrogen (secondary N) is 2. The first kappa shape index (κ1) is 15.1. The monoisotopic (exact) mass is 328 g/mol. The number of carbonyl (C=O) groups is 1. The van der Waals surface area contributed by atoms with E-state index in [9.17, 15) is 4.79 Å². The fourth-order valence-corrected chi connectivity index (χ4v) is 2.85. The quantitative estimate of drug-likeness (QED) is 0.602. The molecule has 1 unspecified atom stereocenters. The molecule has 5 heteroatoms. The van der Waals surface area contributed by atoms with Gasteiger partial charge < -0.3 is 10.3 Å². The van der Waals surface area contributed by atoms with Crippen molar-refractivity contribution in [2.24, 2.45) is 0 Å². The Morgan fingerprint density at radius 1 is 1.00 bits per heavy atom.